The van der Waals surface area contributed by atoms with Crippen LogP contribution < -0.4 is 5.73 Å². The Morgan fingerprint density at radius 3 is 2.06 bits per heavy atom. The molecule has 1 amide bonds. The number of halogens is 3. The second-order valence-corrected chi connectivity index (χ2v) is 2.41. The number of aromatic nitrogens is 1. The van der Waals surface area contributed by atoms with Crippen LogP contribution in [0.1, 0.15) is 10.4 Å². The van der Waals surface area contributed by atoms with Crippen LogP contribution in [-0.4, -0.2) is 28.1 Å². The lowest BCUT2D eigenvalue weighted by Gasteiger charge is -1.93. The average Bonchev–Trinajstić information content (AvgIpc) is 2.18. The third-order valence-electron chi connectivity index (χ3n) is 1.19. The second kappa shape index (κ2) is 5.69. The van der Waals surface area contributed by atoms with Gasteiger partial charge in [-0.2, -0.15) is 13.2 Å². The number of carbonyl (C=O) groups is 2. The molecule has 0 aliphatic rings. The Balaban J connectivity index is 0.000000293. The van der Waals surface area contributed by atoms with E-state index in [1.165, 1.54) is 6.20 Å². The number of nitrogens with zero attached hydrogens (tertiary/aromatic N) is 1. The number of pyridine rings is 1. The van der Waals surface area contributed by atoms with Gasteiger partial charge in [0.25, 0.3) is 0 Å². The van der Waals surface area contributed by atoms with E-state index in [0.29, 0.717) is 5.56 Å². The molecule has 88 valence electrons. The summed E-state index contributed by atoms with van der Waals surface area (Å²) >= 11 is 0. The molecule has 0 bridgehead atoms. The molecule has 0 saturated carbocycles. The van der Waals surface area contributed by atoms with Crippen molar-refractivity contribution < 1.29 is 27.9 Å². The van der Waals surface area contributed by atoms with Gasteiger partial charge in [-0.1, -0.05) is 0 Å². The molecule has 1 aromatic rings. The Labute approximate surface area is 87.7 Å². The minimum absolute atomic E-state index is 0.442. The van der Waals surface area contributed by atoms with Gasteiger partial charge in [0.05, 0.1) is 5.56 Å². The van der Waals surface area contributed by atoms with E-state index in [1.807, 2.05) is 0 Å². The summed E-state index contributed by atoms with van der Waals surface area (Å²) in [5.41, 5.74) is 5.38. The van der Waals surface area contributed by atoms with Crippen LogP contribution in [0.25, 0.3) is 0 Å². The van der Waals surface area contributed by atoms with Crippen LogP contribution in [-0.2, 0) is 4.79 Å². The van der Waals surface area contributed by atoms with Crippen molar-refractivity contribution in [1.82, 2.24) is 4.98 Å². The summed E-state index contributed by atoms with van der Waals surface area (Å²) < 4.78 is 31.7. The Morgan fingerprint density at radius 1 is 1.38 bits per heavy atom. The normalized spacial score (nSPS) is 9.94. The van der Waals surface area contributed by atoms with E-state index < -0.39 is 18.1 Å². The SMILES string of the molecule is NC(=O)c1cccnc1.O=C(O)C(F)(F)F. The van der Waals surface area contributed by atoms with Gasteiger partial charge in [0.1, 0.15) is 0 Å². The van der Waals surface area contributed by atoms with Gasteiger partial charge in [-0.3, -0.25) is 9.78 Å². The van der Waals surface area contributed by atoms with Crippen molar-refractivity contribution in [3.05, 3.63) is 30.1 Å². The van der Waals surface area contributed by atoms with Crippen molar-refractivity contribution in [3.8, 4) is 0 Å². The Morgan fingerprint density at radius 2 is 1.88 bits per heavy atom. The van der Waals surface area contributed by atoms with Crippen molar-refractivity contribution in [1.29, 1.82) is 0 Å². The van der Waals surface area contributed by atoms with E-state index in [9.17, 15) is 18.0 Å². The van der Waals surface area contributed by atoms with E-state index in [0.717, 1.165) is 0 Å². The predicted octanol–water partition coefficient (Wildman–Crippen LogP) is 0.814. The summed E-state index contributed by atoms with van der Waals surface area (Å²) in [5, 5.41) is 7.12. The number of carbonyl (C=O) groups excluding carboxylic acids is 1. The molecule has 0 radical (unpaired) electrons. The minimum atomic E-state index is -5.08. The third kappa shape index (κ3) is 5.58. The number of hydrogen-bond donors (Lipinski definition) is 2. The van der Waals surface area contributed by atoms with Gasteiger partial charge >= 0.3 is 12.1 Å². The fourth-order valence-electron chi connectivity index (χ4n) is 0.509. The van der Waals surface area contributed by atoms with Gasteiger partial charge in [-0.15, -0.1) is 0 Å². The largest absolute Gasteiger partial charge is 0.490 e. The number of aliphatic carboxylic acids is 1. The Kier molecular flexibility index (Phi) is 4.93. The van der Waals surface area contributed by atoms with Crippen molar-refractivity contribution in [2.45, 2.75) is 6.18 Å². The molecule has 1 rings (SSSR count). The summed E-state index contributed by atoms with van der Waals surface area (Å²) in [5.74, 6) is -3.20. The van der Waals surface area contributed by atoms with Crippen molar-refractivity contribution >= 4 is 11.9 Å². The first-order valence-electron chi connectivity index (χ1n) is 3.75. The zero-order chi connectivity index (χ0) is 12.8. The van der Waals surface area contributed by atoms with E-state index in [4.69, 9.17) is 15.6 Å². The number of rotatable bonds is 1. The minimum Gasteiger partial charge on any atom is -0.475 e. The van der Waals surface area contributed by atoms with E-state index in [1.54, 1.807) is 18.3 Å². The standard InChI is InChI=1S/C6H6N2O.C2HF3O2/c7-6(9)5-2-1-3-8-4-5;3-2(4,5)1(6)7/h1-4H,(H2,7,9);(H,6,7). The van der Waals surface area contributed by atoms with Crippen LogP contribution in [0.15, 0.2) is 24.5 Å². The first kappa shape index (κ1) is 13.9. The fraction of sp³-hybridized carbons (Fsp3) is 0.125. The van der Waals surface area contributed by atoms with Crippen molar-refractivity contribution in [2.24, 2.45) is 5.73 Å². The predicted molar refractivity (Wildman–Crippen MR) is 46.4 cm³/mol. The summed E-state index contributed by atoms with van der Waals surface area (Å²) in [7, 11) is 0. The molecular weight excluding hydrogens is 229 g/mol. The van der Waals surface area contributed by atoms with Crippen LogP contribution in [0.2, 0.25) is 0 Å². The number of hydrogen-bond acceptors (Lipinski definition) is 3. The van der Waals surface area contributed by atoms with Gasteiger partial charge in [-0.25, -0.2) is 4.79 Å². The molecule has 8 heteroatoms. The second-order valence-electron chi connectivity index (χ2n) is 2.41. The van der Waals surface area contributed by atoms with Crippen LogP contribution in [0.4, 0.5) is 13.2 Å². The van der Waals surface area contributed by atoms with E-state index in [2.05, 4.69) is 4.98 Å². The first-order chi connectivity index (χ1) is 7.25. The quantitative estimate of drug-likeness (QED) is 0.754. The highest BCUT2D eigenvalue weighted by molar-refractivity contribution is 5.92. The van der Waals surface area contributed by atoms with Gasteiger partial charge < -0.3 is 10.8 Å². The molecule has 5 nitrogen and oxygen atoms in total. The molecule has 0 fully saturated rings. The summed E-state index contributed by atoms with van der Waals surface area (Å²) in [6, 6.07) is 3.29. The van der Waals surface area contributed by atoms with Crippen LogP contribution in [0.5, 0.6) is 0 Å². The molecule has 0 unspecified atom stereocenters. The number of alkyl halides is 3. The molecule has 0 saturated heterocycles. The number of amides is 1. The van der Waals surface area contributed by atoms with Gasteiger partial charge in [0.2, 0.25) is 5.91 Å². The molecule has 16 heavy (non-hydrogen) atoms. The molecule has 0 aliphatic carbocycles. The highest BCUT2D eigenvalue weighted by Gasteiger charge is 2.38. The highest BCUT2D eigenvalue weighted by atomic mass is 19.4. The van der Waals surface area contributed by atoms with Gasteiger partial charge in [-0.05, 0) is 12.1 Å². The third-order valence-corrected chi connectivity index (χ3v) is 1.19. The first-order valence-corrected chi connectivity index (χ1v) is 3.75. The van der Waals surface area contributed by atoms with Crippen LogP contribution >= 0.6 is 0 Å². The van der Waals surface area contributed by atoms with Crippen LogP contribution in [0.3, 0.4) is 0 Å². The lowest BCUT2D eigenvalue weighted by Crippen LogP contribution is -2.21. The molecule has 0 atom stereocenters. The maximum Gasteiger partial charge on any atom is 0.490 e. The fourth-order valence-corrected chi connectivity index (χ4v) is 0.509. The average molecular weight is 236 g/mol. The van der Waals surface area contributed by atoms with Crippen molar-refractivity contribution in [2.75, 3.05) is 0 Å². The lowest BCUT2D eigenvalue weighted by atomic mass is 10.3. The zero-order valence-electron chi connectivity index (χ0n) is 7.73. The molecule has 0 aromatic carbocycles. The Bertz CT molecular complexity index is 365. The zero-order valence-corrected chi connectivity index (χ0v) is 7.73. The maximum atomic E-state index is 10.6. The molecule has 0 aliphatic heterocycles. The van der Waals surface area contributed by atoms with E-state index in [-0.39, 0.29) is 0 Å². The monoisotopic (exact) mass is 236 g/mol. The Hall–Kier alpha value is -2.12. The van der Waals surface area contributed by atoms with Crippen molar-refractivity contribution in [3.63, 3.8) is 0 Å². The van der Waals surface area contributed by atoms with E-state index >= 15 is 0 Å². The van der Waals surface area contributed by atoms with Gasteiger partial charge in [0, 0.05) is 12.4 Å². The maximum absolute atomic E-state index is 10.6. The highest BCUT2D eigenvalue weighted by Crippen LogP contribution is 2.13. The topological polar surface area (TPSA) is 93.3 Å². The summed E-state index contributed by atoms with van der Waals surface area (Å²) in [6.07, 6.45) is -2.06. The molecular formula is C8H7F3N2O3. The number of primary amides is 1. The number of carboxylic acids is 1. The lowest BCUT2D eigenvalue weighted by molar-refractivity contribution is -0.192. The molecule has 3 N–H and O–H groups in total. The summed E-state index contributed by atoms with van der Waals surface area (Å²) in [4.78, 5) is 23.0. The molecule has 1 aromatic heterocycles. The number of carboxylic acid groups (broad SMARTS) is 1. The smallest absolute Gasteiger partial charge is 0.475 e. The van der Waals surface area contributed by atoms with Gasteiger partial charge in [0.15, 0.2) is 0 Å². The number of nitrogens with two attached hydrogens (primary N) is 1. The van der Waals surface area contributed by atoms with Crippen LogP contribution in [0, 0.1) is 0 Å². The summed E-state index contributed by atoms with van der Waals surface area (Å²) in [6.45, 7) is 0. The molecule has 1 heterocycles. The molecule has 0 spiro atoms.